The molecule has 0 fully saturated rings. The number of para-hydroxylation sites is 1. The van der Waals surface area contributed by atoms with Crippen molar-refractivity contribution in [3.8, 4) is 5.75 Å². The van der Waals surface area contributed by atoms with E-state index in [1.807, 2.05) is 41.2 Å². The maximum Gasteiger partial charge on any atom is 0.192 e. The minimum Gasteiger partial charge on any atom is -0.427 e. The van der Waals surface area contributed by atoms with E-state index in [0.717, 1.165) is 11.3 Å². The molecule has 114 valence electrons. The zero-order chi connectivity index (χ0) is 15.7. The smallest absolute Gasteiger partial charge is 0.192 e. The highest BCUT2D eigenvalue weighted by molar-refractivity contribution is 14.1. The van der Waals surface area contributed by atoms with Crippen molar-refractivity contribution in [2.75, 3.05) is 9.80 Å². The van der Waals surface area contributed by atoms with Crippen LogP contribution in [-0.2, 0) is 0 Å². The van der Waals surface area contributed by atoms with Gasteiger partial charge >= 0.3 is 0 Å². The van der Waals surface area contributed by atoms with Gasteiger partial charge in [-0.2, -0.15) is 0 Å². The van der Waals surface area contributed by atoms with Crippen molar-refractivity contribution in [2.45, 2.75) is 26.9 Å². The Morgan fingerprint density at radius 1 is 1.00 bits per heavy atom. The molecule has 2 aromatic carbocycles. The Kier molecular flexibility index (Phi) is 4.29. The maximum absolute atomic E-state index is 5.43. The number of nitrogens with zero attached hydrogens (tertiary/aromatic N) is 2. The van der Waals surface area contributed by atoms with Crippen molar-refractivity contribution in [1.82, 2.24) is 0 Å². The van der Waals surface area contributed by atoms with Gasteiger partial charge in [-0.1, -0.05) is 24.3 Å². The van der Waals surface area contributed by atoms with Crippen LogP contribution < -0.4 is 12.9 Å². The van der Waals surface area contributed by atoms with Crippen LogP contribution in [-0.4, -0.2) is 6.17 Å². The second kappa shape index (κ2) is 6.20. The van der Waals surface area contributed by atoms with Crippen LogP contribution in [0.5, 0.6) is 5.75 Å². The fraction of sp³-hybridized carbons (Fsp3) is 0.222. The van der Waals surface area contributed by atoms with E-state index in [4.69, 9.17) is 3.07 Å². The number of hydrogen-bond acceptors (Lipinski definition) is 3. The van der Waals surface area contributed by atoms with Crippen LogP contribution in [0.2, 0.25) is 0 Å². The fourth-order valence-electron chi connectivity index (χ4n) is 3.04. The van der Waals surface area contributed by atoms with Gasteiger partial charge in [-0.15, -0.1) is 0 Å². The SMILES string of the molecule is CC1=CN(c2cccc(OI)c2C)[C@@H](C)N1c1ccccc1. The van der Waals surface area contributed by atoms with E-state index in [9.17, 15) is 0 Å². The number of halogens is 1. The summed E-state index contributed by atoms with van der Waals surface area (Å²) in [5, 5.41) is 0. The second-order valence-corrected chi connectivity index (χ2v) is 5.93. The van der Waals surface area contributed by atoms with E-state index in [-0.39, 0.29) is 6.17 Å². The summed E-state index contributed by atoms with van der Waals surface area (Å²) >= 11 is 1.94. The summed E-state index contributed by atoms with van der Waals surface area (Å²) in [5.74, 6) is 0.912. The van der Waals surface area contributed by atoms with Gasteiger partial charge in [0.2, 0.25) is 0 Å². The van der Waals surface area contributed by atoms with Crippen molar-refractivity contribution in [2.24, 2.45) is 0 Å². The normalized spacial score (nSPS) is 17.6. The Bertz CT molecular complexity index is 699. The van der Waals surface area contributed by atoms with Gasteiger partial charge in [0.1, 0.15) is 11.9 Å². The van der Waals surface area contributed by atoms with Crippen LogP contribution in [0.1, 0.15) is 19.4 Å². The van der Waals surface area contributed by atoms with Gasteiger partial charge in [0.15, 0.2) is 23.0 Å². The molecule has 0 saturated heterocycles. The molecular weight excluding hydrogens is 387 g/mol. The van der Waals surface area contributed by atoms with Crippen LogP contribution in [0.25, 0.3) is 0 Å². The number of allylic oxidation sites excluding steroid dienone is 1. The van der Waals surface area contributed by atoms with Gasteiger partial charge in [0.05, 0.1) is 0 Å². The van der Waals surface area contributed by atoms with Gasteiger partial charge in [0.25, 0.3) is 0 Å². The predicted octanol–water partition coefficient (Wildman–Crippen LogP) is 5.26. The molecule has 0 aromatic heterocycles. The number of hydrogen-bond donors (Lipinski definition) is 0. The van der Waals surface area contributed by atoms with E-state index in [1.54, 1.807) is 0 Å². The van der Waals surface area contributed by atoms with Crippen molar-refractivity contribution in [3.05, 3.63) is 66.0 Å². The third kappa shape index (κ3) is 2.56. The van der Waals surface area contributed by atoms with E-state index in [2.05, 4.69) is 67.1 Å². The van der Waals surface area contributed by atoms with E-state index >= 15 is 0 Å². The quantitative estimate of drug-likeness (QED) is 0.647. The first-order chi connectivity index (χ1) is 10.6. The number of anilines is 2. The molecular formula is C18H19IN2O. The van der Waals surface area contributed by atoms with Crippen LogP contribution in [0.3, 0.4) is 0 Å². The largest absolute Gasteiger partial charge is 0.427 e. The van der Waals surface area contributed by atoms with Crippen LogP contribution >= 0.6 is 23.0 Å². The lowest BCUT2D eigenvalue weighted by atomic mass is 10.1. The summed E-state index contributed by atoms with van der Waals surface area (Å²) in [7, 11) is 0. The lowest BCUT2D eigenvalue weighted by Gasteiger charge is -2.32. The Balaban J connectivity index is 1.98. The molecule has 0 bridgehead atoms. The molecule has 1 aliphatic heterocycles. The first-order valence-electron chi connectivity index (χ1n) is 7.32. The van der Waals surface area contributed by atoms with E-state index in [0.29, 0.717) is 0 Å². The van der Waals surface area contributed by atoms with Gasteiger partial charge < -0.3 is 12.9 Å². The van der Waals surface area contributed by atoms with Gasteiger partial charge in [-0.25, -0.2) is 0 Å². The molecule has 0 spiro atoms. The summed E-state index contributed by atoms with van der Waals surface area (Å²) in [4.78, 5) is 4.65. The van der Waals surface area contributed by atoms with Crippen LogP contribution in [0.15, 0.2) is 60.4 Å². The third-order valence-electron chi connectivity index (χ3n) is 4.13. The van der Waals surface area contributed by atoms with Crippen molar-refractivity contribution < 1.29 is 3.07 Å². The molecule has 0 radical (unpaired) electrons. The summed E-state index contributed by atoms with van der Waals surface area (Å²) in [6.45, 7) is 6.47. The van der Waals surface area contributed by atoms with Gasteiger partial charge in [0, 0.05) is 28.8 Å². The Hall–Kier alpha value is -1.69. The van der Waals surface area contributed by atoms with Crippen molar-refractivity contribution in [3.63, 3.8) is 0 Å². The molecule has 3 rings (SSSR count). The molecule has 1 heterocycles. The molecule has 1 aliphatic rings. The van der Waals surface area contributed by atoms with E-state index in [1.165, 1.54) is 17.1 Å². The second-order valence-electron chi connectivity index (χ2n) is 5.49. The highest BCUT2D eigenvalue weighted by atomic mass is 127. The van der Waals surface area contributed by atoms with Gasteiger partial charge in [-0.05, 0) is 45.0 Å². The maximum atomic E-state index is 5.43. The minimum absolute atomic E-state index is 0.227. The first-order valence-corrected chi connectivity index (χ1v) is 8.21. The van der Waals surface area contributed by atoms with Crippen molar-refractivity contribution >= 4 is 34.4 Å². The zero-order valence-electron chi connectivity index (χ0n) is 13.0. The monoisotopic (exact) mass is 406 g/mol. The minimum atomic E-state index is 0.227. The molecule has 2 aromatic rings. The average molecular weight is 406 g/mol. The highest BCUT2D eigenvalue weighted by Crippen LogP contribution is 2.37. The predicted molar refractivity (Wildman–Crippen MR) is 100 cm³/mol. The average Bonchev–Trinajstić information content (AvgIpc) is 2.83. The number of rotatable bonds is 3. The highest BCUT2D eigenvalue weighted by Gasteiger charge is 2.29. The lowest BCUT2D eigenvalue weighted by Crippen LogP contribution is -2.37. The lowest BCUT2D eigenvalue weighted by molar-refractivity contribution is 0.701. The standard InChI is InChI=1S/C18H19IN2O/c1-13-12-20(17-10-7-11-18(22-19)14(17)2)15(3)21(13)16-8-5-4-6-9-16/h4-12,15H,1-3H3/t15-/m1/s1. The third-order valence-corrected chi connectivity index (χ3v) is 4.61. The topological polar surface area (TPSA) is 15.7 Å². The summed E-state index contributed by atoms with van der Waals surface area (Å²) in [6.07, 6.45) is 2.43. The molecule has 22 heavy (non-hydrogen) atoms. The van der Waals surface area contributed by atoms with Crippen LogP contribution in [0, 0.1) is 6.92 Å². The Morgan fingerprint density at radius 3 is 2.41 bits per heavy atom. The van der Waals surface area contributed by atoms with Crippen molar-refractivity contribution in [1.29, 1.82) is 0 Å². The van der Waals surface area contributed by atoms with E-state index < -0.39 is 0 Å². The molecule has 0 amide bonds. The molecule has 0 unspecified atom stereocenters. The zero-order valence-corrected chi connectivity index (χ0v) is 15.1. The van der Waals surface area contributed by atoms with Gasteiger partial charge in [-0.3, -0.25) is 0 Å². The summed E-state index contributed by atoms with van der Waals surface area (Å²) in [6, 6.07) is 16.7. The summed E-state index contributed by atoms with van der Waals surface area (Å²) in [5.41, 5.74) is 4.78. The molecule has 0 aliphatic carbocycles. The summed E-state index contributed by atoms with van der Waals surface area (Å²) < 4.78 is 5.43. The Morgan fingerprint density at radius 2 is 1.73 bits per heavy atom. The molecule has 4 heteroatoms. The first kappa shape index (κ1) is 15.2. The Labute approximate surface area is 145 Å². The molecule has 3 nitrogen and oxygen atoms in total. The fourth-order valence-corrected chi connectivity index (χ4v) is 3.51. The molecule has 1 atom stereocenters. The molecule has 0 saturated carbocycles. The molecule has 0 N–H and O–H groups in total. The number of benzene rings is 2. The van der Waals surface area contributed by atoms with Crippen LogP contribution in [0.4, 0.5) is 11.4 Å².